The maximum atomic E-state index is 12.9. The molecule has 1 fully saturated rings. The molecule has 1 unspecified atom stereocenters. The molecule has 0 saturated carbocycles. The number of aryl methyl sites for hydroxylation is 1. The van der Waals surface area contributed by atoms with E-state index in [4.69, 9.17) is 9.47 Å². The molecule has 2 N–H and O–H groups in total. The summed E-state index contributed by atoms with van der Waals surface area (Å²) in [5, 5.41) is 6.02. The van der Waals surface area contributed by atoms with Crippen molar-refractivity contribution in [3.8, 4) is 5.75 Å². The van der Waals surface area contributed by atoms with E-state index in [0.29, 0.717) is 39.0 Å². The molecule has 2 aromatic rings. The van der Waals surface area contributed by atoms with Crippen molar-refractivity contribution in [3.05, 3.63) is 59.7 Å². The van der Waals surface area contributed by atoms with Crippen LogP contribution >= 0.6 is 0 Å². The van der Waals surface area contributed by atoms with Gasteiger partial charge >= 0.3 is 6.03 Å². The van der Waals surface area contributed by atoms with Gasteiger partial charge in [0.15, 0.2) is 0 Å². The Bertz CT molecular complexity index is 917. The number of carbonyl (C=O) groups is 2. The fraction of sp³-hybridized carbons (Fsp3) is 0.417. The Morgan fingerprint density at radius 3 is 2.68 bits per heavy atom. The Hall–Kier alpha value is -3.06. The van der Waals surface area contributed by atoms with E-state index in [1.54, 1.807) is 14.2 Å². The molecular formula is C24H31N3O4. The zero-order valence-corrected chi connectivity index (χ0v) is 18.4. The number of hydrogen-bond donors (Lipinski definition) is 2. The minimum atomic E-state index is -0.520. The standard InChI is InChI=1S/C24H31N3O4/c1-18-6-4-8-20(14-18)25-23(29)26-24(11-13-30-2)10-12-27(17-24)22(28)16-19-7-5-9-21(15-19)31-3/h4-9,14-15H,10-13,16-17H2,1-3H3,(H2,25,26,29). The largest absolute Gasteiger partial charge is 0.497 e. The second kappa shape index (κ2) is 10.3. The smallest absolute Gasteiger partial charge is 0.319 e. The lowest BCUT2D eigenvalue weighted by Crippen LogP contribution is -2.53. The molecule has 31 heavy (non-hydrogen) atoms. The van der Waals surface area contributed by atoms with Gasteiger partial charge in [0.2, 0.25) is 5.91 Å². The summed E-state index contributed by atoms with van der Waals surface area (Å²) in [6.45, 7) is 3.53. The van der Waals surface area contributed by atoms with Crippen molar-refractivity contribution >= 4 is 17.6 Å². The van der Waals surface area contributed by atoms with Crippen LogP contribution in [-0.4, -0.2) is 56.3 Å². The highest BCUT2D eigenvalue weighted by molar-refractivity contribution is 5.90. The molecule has 7 nitrogen and oxygen atoms in total. The first-order chi connectivity index (χ1) is 14.9. The molecule has 0 spiro atoms. The minimum Gasteiger partial charge on any atom is -0.497 e. The molecule has 0 aromatic heterocycles. The van der Waals surface area contributed by atoms with E-state index >= 15 is 0 Å². The third-order valence-electron chi connectivity index (χ3n) is 5.64. The SMILES string of the molecule is COCCC1(NC(=O)Nc2cccc(C)c2)CCN(C(=O)Cc2cccc(OC)c2)C1. The van der Waals surface area contributed by atoms with Crippen molar-refractivity contribution in [1.29, 1.82) is 0 Å². The molecule has 166 valence electrons. The number of methoxy groups -OCH3 is 2. The highest BCUT2D eigenvalue weighted by atomic mass is 16.5. The van der Waals surface area contributed by atoms with E-state index in [-0.39, 0.29) is 11.9 Å². The van der Waals surface area contributed by atoms with Crippen LogP contribution in [0.15, 0.2) is 48.5 Å². The number of ether oxygens (including phenoxy) is 2. The first-order valence-corrected chi connectivity index (χ1v) is 10.5. The molecule has 1 saturated heterocycles. The fourth-order valence-electron chi connectivity index (χ4n) is 3.95. The number of nitrogens with one attached hydrogen (secondary N) is 2. The first kappa shape index (κ1) is 22.6. The van der Waals surface area contributed by atoms with Crippen LogP contribution < -0.4 is 15.4 Å². The Morgan fingerprint density at radius 2 is 1.94 bits per heavy atom. The molecule has 3 amide bonds. The van der Waals surface area contributed by atoms with E-state index in [9.17, 15) is 9.59 Å². The number of urea groups is 1. The van der Waals surface area contributed by atoms with E-state index in [2.05, 4.69) is 10.6 Å². The summed E-state index contributed by atoms with van der Waals surface area (Å²) in [4.78, 5) is 27.4. The van der Waals surface area contributed by atoms with Crippen LogP contribution in [0.5, 0.6) is 5.75 Å². The molecule has 0 bridgehead atoms. The van der Waals surface area contributed by atoms with E-state index in [1.807, 2.05) is 60.4 Å². The van der Waals surface area contributed by atoms with E-state index < -0.39 is 5.54 Å². The summed E-state index contributed by atoms with van der Waals surface area (Å²) in [5.74, 6) is 0.768. The van der Waals surface area contributed by atoms with Crippen LogP contribution in [-0.2, 0) is 16.0 Å². The van der Waals surface area contributed by atoms with Gasteiger partial charge in [0.1, 0.15) is 5.75 Å². The lowest BCUT2D eigenvalue weighted by atomic mass is 9.94. The monoisotopic (exact) mass is 425 g/mol. The molecule has 1 aliphatic rings. The van der Waals surface area contributed by atoms with E-state index in [0.717, 1.165) is 22.6 Å². The van der Waals surface area contributed by atoms with Gasteiger partial charge in [0.05, 0.1) is 19.1 Å². The van der Waals surface area contributed by atoms with Crippen LogP contribution in [0.25, 0.3) is 0 Å². The highest BCUT2D eigenvalue weighted by Crippen LogP contribution is 2.26. The summed E-state index contributed by atoms with van der Waals surface area (Å²) in [7, 11) is 3.25. The number of anilines is 1. The van der Waals surface area contributed by atoms with E-state index in [1.165, 1.54) is 0 Å². The highest BCUT2D eigenvalue weighted by Gasteiger charge is 2.40. The van der Waals surface area contributed by atoms with Crippen LogP contribution in [0.4, 0.5) is 10.5 Å². The number of benzene rings is 2. The molecular weight excluding hydrogens is 394 g/mol. The number of amides is 3. The Morgan fingerprint density at radius 1 is 1.13 bits per heavy atom. The zero-order valence-electron chi connectivity index (χ0n) is 18.4. The minimum absolute atomic E-state index is 0.0356. The molecule has 2 aromatic carbocycles. The number of rotatable bonds is 8. The molecule has 7 heteroatoms. The maximum Gasteiger partial charge on any atom is 0.319 e. The topological polar surface area (TPSA) is 79.9 Å². The number of carbonyl (C=O) groups excluding carboxylic acids is 2. The second-order valence-electron chi connectivity index (χ2n) is 8.07. The van der Waals surface area contributed by atoms with Crippen molar-refractivity contribution in [3.63, 3.8) is 0 Å². The summed E-state index contributed by atoms with van der Waals surface area (Å²) in [6, 6.07) is 14.9. The van der Waals surface area contributed by atoms with Gasteiger partial charge < -0.3 is 25.0 Å². The summed E-state index contributed by atoms with van der Waals surface area (Å²) in [6.07, 6.45) is 1.61. The van der Waals surface area contributed by atoms with Gasteiger partial charge in [-0.15, -0.1) is 0 Å². The summed E-state index contributed by atoms with van der Waals surface area (Å²) < 4.78 is 10.5. The van der Waals surface area contributed by atoms with Gasteiger partial charge in [0, 0.05) is 32.5 Å². The van der Waals surface area contributed by atoms with Crippen LogP contribution in [0, 0.1) is 6.92 Å². The van der Waals surface area contributed by atoms with Crippen molar-refractivity contribution < 1.29 is 19.1 Å². The molecule has 0 aliphatic carbocycles. The number of hydrogen-bond acceptors (Lipinski definition) is 4. The predicted octanol–water partition coefficient (Wildman–Crippen LogP) is 3.38. The first-order valence-electron chi connectivity index (χ1n) is 10.5. The second-order valence-corrected chi connectivity index (χ2v) is 8.07. The van der Waals surface area contributed by atoms with Gasteiger partial charge in [-0.1, -0.05) is 24.3 Å². The average Bonchev–Trinajstić information content (AvgIpc) is 3.16. The van der Waals surface area contributed by atoms with Crippen molar-refractivity contribution in [2.75, 3.05) is 39.2 Å². The molecule has 3 rings (SSSR count). The molecule has 1 aliphatic heterocycles. The van der Waals surface area contributed by atoms with Crippen molar-refractivity contribution in [1.82, 2.24) is 10.2 Å². The van der Waals surface area contributed by atoms with Crippen molar-refractivity contribution in [2.45, 2.75) is 31.7 Å². The molecule has 1 heterocycles. The number of likely N-dealkylation sites (tertiary alicyclic amines) is 1. The lowest BCUT2D eigenvalue weighted by Gasteiger charge is -2.30. The summed E-state index contributed by atoms with van der Waals surface area (Å²) in [5.41, 5.74) is 2.20. The van der Waals surface area contributed by atoms with Crippen LogP contribution in [0.3, 0.4) is 0 Å². The van der Waals surface area contributed by atoms with Gasteiger partial charge in [0.25, 0.3) is 0 Å². The third kappa shape index (κ3) is 6.21. The fourth-order valence-corrected chi connectivity index (χ4v) is 3.95. The third-order valence-corrected chi connectivity index (χ3v) is 5.64. The normalized spacial score (nSPS) is 18.0. The van der Waals surface area contributed by atoms with Gasteiger partial charge in [-0.25, -0.2) is 4.79 Å². The van der Waals surface area contributed by atoms with Crippen LogP contribution in [0.2, 0.25) is 0 Å². The Labute approximate surface area is 183 Å². The van der Waals surface area contributed by atoms with Gasteiger partial charge in [-0.3, -0.25) is 4.79 Å². The molecule has 0 radical (unpaired) electrons. The van der Waals surface area contributed by atoms with Gasteiger partial charge in [-0.2, -0.15) is 0 Å². The van der Waals surface area contributed by atoms with Crippen LogP contribution in [0.1, 0.15) is 24.0 Å². The van der Waals surface area contributed by atoms with Crippen molar-refractivity contribution in [2.24, 2.45) is 0 Å². The number of nitrogens with zero attached hydrogens (tertiary/aromatic N) is 1. The lowest BCUT2D eigenvalue weighted by molar-refractivity contribution is -0.129. The quantitative estimate of drug-likeness (QED) is 0.680. The average molecular weight is 426 g/mol. The Kier molecular flexibility index (Phi) is 7.52. The molecule has 1 atom stereocenters. The predicted molar refractivity (Wildman–Crippen MR) is 120 cm³/mol. The summed E-state index contributed by atoms with van der Waals surface area (Å²) >= 11 is 0. The maximum absolute atomic E-state index is 12.9. The van der Waals surface area contributed by atoms with Gasteiger partial charge in [-0.05, 0) is 55.2 Å². The zero-order chi connectivity index (χ0) is 22.3. The Balaban J connectivity index is 1.64.